The van der Waals surface area contributed by atoms with Gasteiger partial charge in [0, 0.05) is 26.4 Å². The first-order chi connectivity index (χ1) is 15.5. The molecule has 0 aromatic heterocycles. The minimum atomic E-state index is -0.512. The number of ether oxygens (including phenoxy) is 6. The van der Waals surface area contributed by atoms with Crippen LogP contribution in [0.2, 0.25) is 0 Å². The number of rotatable bonds is 15. The van der Waals surface area contributed by atoms with Crippen LogP contribution in [0.4, 0.5) is 4.39 Å². The molecule has 1 N–H and O–H groups in total. The lowest BCUT2D eigenvalue weighted by molar-refractivity contribution is -0.0119. The Bertz CT molecular complexity index is 867. The molecule has 8 nitrogen and oxygen atoms in total. The molecule has 0 unspecified atom stereocenters. The van der Waals surface area contributed by atoms with Gasteiger partial charge in [-0.15, -0.1) is 0 Å². The molecule has 174 valence electrons. The second-order valence-corrected chi connectivity index (χ2v) is 6.39. The summed E-state index contributed by atoms with van der Waals surface area (Å²) >= 11 is 0. The first-order valence-corrected chi connectivity index (χ1v) is 9.79. The van der Waals surface area contributed by atoms with Crippen molar-refractivity contribution in [2.24, 2.45) is 0 Å². The molecule has 0 aliphatic rings. The molecule has 0 amide bonds. The van der Waals surface area contributed by atoms with E-state index in [0.717, 1.165) is 0 Å². The normalized spacial score (nSPS) is 11.1. The number of carbonyl (C=O) groups excluding carboxylic acids is 1. The molecule has 0 atom stereocenters. The third-order valence-corrected chi connectivity index (χ3v) is 4.07. The van der Waals surface area contributed by atoms with Crippen molar-refractivity contribution in [2.45, 2.75) is 0 Å². The number of phenolic OH excluding ortho intramolecular Hbond substituents is 1. The maximum atomic E-state index is 13.1. The molecule has 0 aliphatic carbocycles. The smallest absolute Gasteiger partial charge is 0.193 e. The summed E-state index contributed by atoms with van der Waals surface area (Å²) in [6.45, 7) is 1.17. The first-order valence-electron chi connectivity index (χ1n) is 9.79. The number of halogens is 1. The zero-order valence-corrected chi connectivity index (χ0v) is 18.0. The van der Waals surface area contributed by atoms with E-state index < -0.39 is 5.78 Å². The summed E-state index contributed by atoms with van der Waals surface area (Å²) in [5.74, 6) is -0.910. The molecule has 0 fully saturated rings. The Balaban J connectivity index is 2.15. The van der Waals surface area contributed by atoms with Gasteiger partial charge in [0.15, 0.2) is 19.4 Å². The van der Waals surface area contributed by atoms with Crippen LogP contribution in [0.25, 0.3) is 6.08 Å². The number of benzene rings is 2. The van der Waals surface area contributed by atoms with Crippen LogP contribution in [0.15, 0.2) is 42.5 Å². The molecule has 0 aliphatic heterocycles. The largest absolute Gasteiger partial charge is 0.507 e. The molecule has 2 rings (SSSR count). The predicted molar refractivity (Wildman–Crippen MR) is 115 cm³/mol. The van der Waals surface area contributed by atoms with Crippen LogP contribution in [0.5, 0.6) is 17.2 Å². The Labute approximate surface area is 186 Å². The second kappa shape index (κ2) is 14.2. The van der Waals surface area contributed by atoms with Gasteiger partial charge in [-0.1, -0.05) is 18.2 Å². The van der Waals surface area contributed by atoms with E-state index in [1.165, 1.54) is 48.6 Å². The van der Waals surface area contributed by atoms with Gasteiger partial charge in [0.2, 0.25) is 0 Å². The highest BCUT2D eigenvalue weighted by Gasteiger charge is 2.18. The van der Waals surface area contributed by atoms with E-state index in [0.29, 0.717) is 32.0 Å². The summed E-state index contributed by atoms with van der Waals surface area (Å²) in [6, 6.07) is 8.37. The summed E-state index contributed by atoms with van der Waals surface area (Å²) in [4.78, 5) is 12.8. The zero-order chi connectivity index (χ0) is 23.2. The lowest BCUT2D eigenvalue weighted by Crippen LogP contribution is -2.11. The summed E-state index contributed by atoms with van der Waals surface area (Å²) < 4.78 is 44.4. The van der Waals surface area contributed by atoms with Gasteiger partial charge in [-0.2, -0.15) is 0 Å². The van der Waals surface area contributed by atoms with Crippen LogP contribution < -0.4 is 9.47 Å². The molecule has 2 aromatic carbocycles. The fourth-order valence-electron chi connectivity index (χ4n) is 2.47. The van der Waals surface area contributed by atoms with Crippen molar-refractivity contribution < 1.29 is 42.7 Å². The lowest BCUT2D eigenvalue weighted by atomic mass is 10.1. The predicted octanol–water partition coefficient (Wildman–Crippen LogP) is 3.43. The number of carbonyl (C=O) groups is 1. The van der Waals surface area contributed by atoms with Crippen molar-refractivity contribution in [3.63, 3.8) is 0 Å². The van der Waals surface area contributed by atoms with Crippen LogP contribution in [0.1, 0.15) is 15.9 Å². The number of methoxy groups -OCH3 is 2. The van der Waals surface area contributed by atoms with Gasteiger partial charge in [0.1, 0.15) is 28.6 Å². The molecule has 0 saturated heterocycles. The summed E-state index contributed by atoms with van der Waals surface area (Å²) in [5.41, 5.74) is 0.559. The van der Waals surface area contributed by atoms with Gasteiger partial charge in [0.05, 0.1) is 26.4 Å². The van der Waals surface area contributed by atoms with Crippen molar-refractivity contribution in [1.82, 2.24) is 0 Å². The average Bonchev–Trinajstić information content (AvgIpc) is 2.78. The van der Waals surface area contributed by atoms with Crippen LogP contribution in [0, 0.1) is 5.82 Å². The van der Waals surface area contributed by atoms with Crippen molar-refractivity contribution in [2.75, 3.05) is 54.2 Å². The Morgan fingerprint density at radius 3 is 2.19 bits per heavy atom. The summed E-state index contributed by atoms with van der Waals surface area (Å²) in [5, 5.41) is 10.5. The Morgan fingerprint density at radius 2 is 1.56 bits per heavy atom. The monoisotopic (exact) mass is 450 g/mol. The topological polar surface area (TPSA) is 92.7 Å². The van der Waals surface area contributed by atoms with E-state index >= 15 is 0 Å². The highest BCUT2D eigenvalue weighted by molar-refractivity contribution is 6.10. The quantitative estimate of drug-likeness (QED) is 0.191. The van der Waals surface area contributed by atoms with E-state index in [9.17, 15) is 14.3 Å². The van der Waals surface area contributed by atoms with Crippen molar-refractivity contribution >= 4 is 11.9 Å². The van der Waals surface area contributed by atoms with Crippen LogP contribution in [-0.4, -0.2) is 65.1 Å². The van der Waals surface area contributed by atoms with Crippen LogP contribution in [0.3, 0.4) is 0 Å². The van der Waals surface area contributed by atoms with E-state index in [1.54, 1.807) is 14.2 Å². The maximum Gasteiger partial charge on any atom is 0.193 e. The SMILES string of the molecule is COCCOCOc1cc(O)c(C(=O)/C=C/c2ccc(F)cc2)c(OCOCCOC)c1. The molecule has 9 heteroatoms. The summed E-state index contributed by atoms with van der Waals surface area (Å²) in [7, 11) is 3.10. The van der Waals surface area contributed by atoms with Crippen LogP contribution >= 0.6 is 0 Å². The lowest BCUT2D eigenvalue weighted by Gasteiger charge is -2.14. The molecule has 0 saturated carbocycles. The number of allylic oxidation sites excluding steroid dienone is 1. The fraction of sp³-hybridized carbons (Fsp3) is 0.348. The van der Waals surface area contributed by atoms with Gasteiger partial charge >= 0.3 is 0 Å². The molecule has 0 bridgehead atoms. The third-order valence-electron chi connectivity index (χ3n) is 4.07. The Morgan fingerprint density at radius 1 is 0.938 bits per heavy atom. The van der Waals surface area contributed by atoms with E-state index in [4.69, 9.17) is 28.4 Å². The average molecular weight is 450 g/mol. The molecule has 0 heterocycles. The standard InChI is InChI=1S/C23H27FO8/c1-27-9-11-29-15-31-19-13-21(26)23(22(14-19)32-16-30-12-10-28-2)20(25)8-5-17-3-6-18(24)7-4-17/h3-8,13-14,26H,9-12,15-16H2,1-2H3/b8-5+. The van der Waals surface area contributed by atoms with Crippen molar-refractivity contribution in [3.05, 3.63) is 59.4 Å². The van der Waals surface area contributed by atoms with Crippen LogP contribution in [-0.2, 0) is 18.9 Å². The van der Waals surface area contributed by atoms with E-state index in [1.807, 2.05) is 0 Å². The van der Waals surface area contributed by atoms with Gasteiger partial charge in [-0.25, -0.2) is 4.39 Å². The first kappa shape index (κ1) is 25.3. The minimum Gasteiger partial charge on any atom is -0.507 e. The van der Waals surface area contributed by atoms with E-state index in [-0.39, 0.29) is 42.2 Å². The number of hydrogen-bond donors (Lipinski definition) is 1. The second-order valence-electron chi connectivity index (χ2n) is 6.39. The van der Waals surface area contributed by atoms with Crippen molar-refractivity contribution in [1.29, 1.82) is 0 Å². The van der Waals surface area contributed by atoms with Gasteiger partial charge in [-0.05, 0) is 23.8 Å². The van der Waals surface area contributed by atoms with E-state index in [2.05, 4.69) is 0 Å². The number of aromatic hydroxyl groups is 1. The minimum absolute atomic E-state index is 0.0636. The molecule has 32 heavy (non-hydrogen) atoms. The highest BCUT2D eigenvalue weighted by Crippen LogP contribution is 2.34. The van der Waals surface area contributed by atoms with Gasteiger partial charge in [-0.3, -0.25) is 4.79 Å². The third kappa shape index (κ3) is 8.64. The fourth-order valence-corrected chi connectivity index (χ4v) is 2.47. The zero-order valence-electron chi connectivity index (χ0n) is 18.0. The van der Waals surface area contributed by atoms with Gasteiger partial charge < -0.3 is 33.5 Å². The molecular weight excluding hydrogens is 423 g/mol. The number of hydrogen-bond acceptors (Lipinski definition) is 8. The Kier molecular flexibility index (Phi) is 11.2. The molecule has 2 aromatic rings. The maximum absolute atomic E-state index is 13.1. The van der Waals surface area contributed by atoms with Gasteiger partial charge in [0.25, 0.3) is 0 Å². The molecular formula is C23H27FO8. The van der Waals surface area contributed by atoms with Crippen molar-refractivity contribution in [3.8, 4) is 17.2 Å². The number of phenols is 1. The number of ketones is 1. The molecule has 0 radical (unpaired) electrons. The highest BCUT2D eigenvalue weighted by atomic mass is 19.1. The summed E-state index contributed by atoms with van der Waals surface area (Å²) in [6.07, 6.45) is 2.77. The molecule has 0 spiro atoms. The Hall–Kier alpha value is -2.98.